The highest BCUT2D eigenvalue weighted by molar-refractivity contribution is 6.31. The lowest BCUT2D eigenvalue weighted by Gasteiger charge is -2.39. The van der Waals surface area contributed by atoms with Crippen LogP contribution in [0.2, 0.25) is 5.02 Å². The van der Waals surface area contributed by atoms with E-state index in [1.165, 1.54) is 10.9 Å². The summed E-state index contributed by atoms with van der Waals surface area (Å²) >= 11 is 6.59. The fourth-order valence-electron chi connectivity index (χ4n) is 4.66. The number of nitrogens with one attached hydrogen (secondary N) is 1. The lowest BCUT2D eigenvalue weighted by molar-refractivity contribution is -0.135. The first kappa shape index (κ1) is 16.9. The summed E-state index contributed by atoms with van der Waals surface area (Å²) in [4.78, 5) is 18.8. The number of hydrogen-bond acceptors (Lipinski definition) is 1. The Morgan fingerprint density at radius 2 is 1.81 bits per heavy atom. The van der Waals surface area contributed by atoms with Gasteiger partial charge in [-0.2, -0.15) is 0 Å². The molecule has 2 aromatic carbocycles. The number of carbonyl (C=O) groups is 1. The van der Waals surface area contributed by atoms with Crippen molar-refractivity contribution in [2.45, 2.75) is 32.2 Å². The average Bonchev–Trinajstić information content (AvgIpc) is 3.27. The molecule has 0 radical (unpaired) electrons. The number of halogens is 1. The van der Waals surface area contributed by atoms with E-state index < -0.39 is 0 Å². The minimum atomic E-state index is 0.0476. The number of aromatic nitrogens is 1. The van der Waals surface area contributed by atoms with E-state index in [1.807, 2.05) is 24.3 Å². The van der Waals surface area contributed by atoms with E-state index in [0.29, 0.717) is 12.5 Å². The van der Waals surface area contributed by atoms with Crippen LogP contribution >= 0.6 is 11.6 Å². The summed E-state index contributed by atoms with van der Waals surface area (Å²) in [6, 6.07) is 16.5. The number of para-hydroxylation sites is 1. The third kappa shape index (κ3) is 2.60. The zero-order valence-electron chi connectivity index (χ0n) is 15.6. The summed E-state index contributed by atoms with van der Waals surface area (Å²) in [6.07, 6.45) is 1.01. The topological polar surface area (TPSA) is 36.1 Å². The Bertz CT molecular complexity index is 1040. The maximum absolute atomic E-state index is 13.1. The van der Waals surface area contributed by atoms with Crippen molar-refractivity contribution in [1.82, 2.24) is 9.88 Å². The number of benzene rings is 2. The molecule has 1 aliphatic heterocycles. The van der Waals surface area contributed by atoms with Crippen LogP contribution in [0, 0.1) is 11.8 Å². The number of nitrogens with zero attached hydrogens (tertiary/aromatic N) is 1. The molecule has 1 N–H and O–H groups in total. The van der Waals surface area contributed by atoms with Gasteiger partial charge >= 0.3 is 0 Å². The zero-order valence-corrected chi connectivity index (χ0v) is 16.3. The van der Waals surface area contributed by atoms with Gasteiger partial charge in [-0.15, -0.1) is 0 Å². The SMILES string of the molecule is C[C@@H]1C[C@@H]1C(=O)N1C[C@@H](c2ccccc2Cl)c2c([nH]c3ccccc23)[C@H]1C. The molecule has 3 nitrogen and oxygen atoms in total. The zero-order chi connectivity index (χ0) is 18.7. The molecule has 138 valence electrons. The standard InChI is InChI=1S/C23H23ClN2O/c1-13-11-17(13)23(27)26-12-18(15-7-3-5-9-19(15)24)21-16-8-4-6-10-20(16)25-22(21)14(26)2/h3-10,13-14,17-18,25H,11-12H2,1-2H3/t13-,14-,17+,18+/m1/s1. The molecule has 1 fully saturated rings. The van der Waals surface area contributed by atoms with Crippen LogP contribution in [0.5, 0.6) is 0 Å². The smallest absolute Gasteiger partial charge is 0.226 e. The monoisotopic (exact) mass is 378 g/mol. The maximum atomic E-state index is 13.1. The van der Waals surface area contributed by atoms with Gasteiger partial charge in [0, 0.05) is 40.0 Å². The first-order chi connectivity index (χ1) is 13.1. The number of amides is 1. The first-order valence-electron chi connectivity index (χ1n) is 9.71. The molecule has 2 heterocycles. The van der Waals surface area contributed by atoms with Gasteiger partial charge in [0.1, 0.15) is 0 Å². The summed E-state index contributed by atoms with van der Waals surface area (Å²) in [7, 11) is 0. The Kier molecular flexibility index (Phi) is 3.83. The van der Waals surface area contributed by atoms with Crippen LogP contribution in [-0.2, 0) is 4.79 Å². The molecule has 5 rings (SSSR count). The molecular weight excluding hydrogens is 356 g/mol. The molecule has 1 amide bonds. The Labute approximate surface area is 164 Å². The van der Waals surface area contributed by atoms with E-state index in [0.717, 1.165) is 28.2 Å². The third-order valence-corrected chi connectivity index (χ3v) is 6.72. The second-order valence-corrected chi connectivity index (χ2v) is 8.47. The van der Waals surface area contributed by atoms with Gasteiger partial charge in [-0.3, -0.25) is 4.79 Å². The van der Waals surface area contributed by atoms with E-state index in [2.05, 4.69) is 48.0 Å². The summed E-state index contributed by atoms with van der Waals surface area (Å²) in [5.41, 5.74) is 4.66. The van der Waals surface area contributed by atoms with Gasteiger partial charge in [-0.05, 0) is 42.5 Å². The lowest BCUT2D eigenvalue weighted by atomic mass is 9.83. The van der Waals surface area contributed by atoms with Crippen molar-refractivity contribution in [2.75, 3.05) is 6.54 Å². The highest BCUT2D eigenvalue weighted by Gasteiger charge is 2.45. The number of aromatic amines is 1. The Balaban J connectivity index is 1.69. The van der Waals surface area contributed by atoms with Gasteiger partial charge in [0.2, 0.25) is 5.91 Å². The van der Waals surface area contributed by atoms with Gasteiger partial charge in [-0.25, -0.2) is 0 Å². The van der Waals surface area contributed by atoms with E-state index in [4.69, 9.17) is 11.6 Å². The molecule has 0 spiro atoms. The van der Waals surface area contributed by atoms with E-state index in [9.17, 15) is 4.79 Å². The van der Waals surface area contributed by atoms with Gasteiger partial charge in [0.05, 0.1) is 6.04 Å². The Morgan fingerprint density at radius 3 is 2.56 bits per heavy atom. The summed E-state index contributed by atoms with van der Waals surface area (Å²) < 4.78 is 0. The molecule has 0 saturated heterocycles. The Hall–Kier alpha value is -2.26. The minimum absolute atomic E-state index is 0.0476. The summed E-state index contributed by atoms with van der Waals surface area (Å²) in [6.45, 7) is 4.99. The van der Waals surface area contributed by atoms with Crippen LogP contribution in [0.4, 0.5) is 0 Å². The predicted molar refractivity (Wildman–Crippen MR) is 109 cm³/mol. The first-order valence-corrected chi connectivity index (χ1v) is 10.1. The van der Waals surface area contributed by atoms with Gasteiger partial charge in [0.15, 0.2) is 0 Å². The number of fused-ring (bicyclic) bond motifs is 3. The molecule has 4 atom stereocenters. The molecule has 1 aliphatic carbocycles. The number of carbonyl (C=O) groups excluding carboxylic acids is 1. The van der Waals surface area contributed by atoms with Crippen molar-refractivity contribution >= 4 is 28.4 Å². The highest BCUT2D eigenvalue weighted by Crippen LogP contribution is 2.47. The van der Waals surface area contributed by atoms with Gasteiger partial charge in [-0.1, -0.05) is 54.9 Å². The van der Waals surface area contributed by atoms with Gasteiger partial charge < -0.3 is 9.88 Å². The molecule has 0 bridgehead atoms. The van der Waals surface area contributed by atoms with Crippen LogP contribution in [0.1, 0.15) is 49.0 Å². The van der Waals surface area contributed by atoms with Crippen molar-refractivity contribution in [1.29, 1.82) is 0 Å². The fourth-order valence-corrected chi connectivity index (χ4v) is 4.93. The van der Waals surface area contributed by atoms with Crippen LogP contribution < -0.4 is 0 Å². The molecule has 0 unspecified atom stereocenters. The minimum Gasteiger partial charge on any atom is -0.356 e. The van der Waals surface area contributed by atoms with Crippen molar-refractivity contribution in [3.8, 4) is 0 Å². The predicted octanol–water partition coefficient (Wildman–Crippen LogP) is 5.51. The second-order valence-electron chi connectivity index (χ2n) is 8.06. The van der Waals surface area contributed by atoms with Gasteiger partial charge in [0.25, 0.3) is 0 Å². The van der Waals surface area contributed by atoms with E-state index in [1.54, 1.807) is 0 Å². The lowest BCUT2D eigenvalue weighted by Crippen LogP contribution is -2.42. The normalized spacial score (nSPS) is 26.9. The molecule has 1 saturated carbocycles. The molecule has 1 aromatic heterocycles. The number of rotatable bonds is 2. The van der Waals surface area contributed by atoms with Crippen molar-refractivity contribution in [3.63, 3.8) is 0 Å². The van der Waals surface area contributed by atoms with Crippen LogP contribution in [0.15, 0.2) is 48.5 Å². The number of H-pyrrole nitrogens is 1. The van der Waals surface area contributed by atoms with Crippen LogP contribution in [0.3, 0.4) is 0 Å². The molecule has 2 aliphatic rings. The van der Waals surface area contributed by atoms with Crippen LogP contribution in [0.25, 0.3) is 10.9 Å². The Morgan fingerprint density at radius 1 is 1.11 bits per heavy atom. The fraction of sp³-hybridized carbons (Fsp3) is 0.348. The third-order valence-electron chi connectivity index (χ3n) is 6.38. The summed E-state index contributed by atoms with van der Waals surface area (Å²) in [5.74, 6) is 1.06. The number of hydrogen-bond donors (Lipinski definition) is 1. The molecular formula is C23H23ClN2O. The van der Waals surface area contributed by atoms with E-state index in [-0.39, 0.29) is 23.8 Å². The largest absolute Gasteiger partial charge is 0.356 e. The average molecular weight is 379 g/mol. The van der Waals surface area contributed by atoms with Crippen molar-refractivity contribution < 1.29 is 4.79 Å². The van der Waals surface area contributed by atoms with Crippen molar-refractivity contribution in [3.05, 3.63) is 70.4 Å². The highest BCUT2D eigenvalue weighted by atomic mass is 35.5. The molecule has 3 aromatic rings. The second kappa shape index (κ2) is 6.13. The van der Waals surface area contributed by atoms with Crippen LogP contribution in [-0.4, -0.2) is 22.3 Å². The van der Waals surface area contributed by atoms with E-state index >= 15 is 0 Å². The van der Waals surface area contributed by atoms with Crippen molar-refractivity contribution in [2.24, 2.45) is 11.8 Å². The maximum Gasteiger partial charge on any atom is 0.226 e. The molecule has 27 heavy (non-hydrogen) atoms. The summed E-state index contributed by atoms with van der Waals surface area (Å²) in [5, 5.41) is 2.00. The molecule has 4 heteroatoms. The quantitative estimate of drug-likeness (QED) is 0.626.